The molecule has 3 N–H and O–H groups in total. The van der Waals surface area contributed by atoms with E-state index in [-0.39, 0.29) is 18.3 Å². The molecule has 144 valence electrons. The highest BCUT2D eigenvalue weighted by Crippen LogP contribution is 2.34. The van der Waals surface area contributed by atoms with Crippen LogP contribution in [-0.4, -0.2) is 84.4 Å². The van der Waals surface area contributed by atoms with Crippen molar-refractivity contribution in [3.63, 3.8) is 0 Å². The second kappa shape index (κ2) is 8.43. The summed E-state index contributed by atoms with van der Waals surface area (Å²) in [6.07, 6.45) is 0.308. The van der Waals surface area contributed by atoms with Gasteiger partial charge in [-0.1, -0.05) is 12.1 Å². The lowest BCUT2D eigenvalue weighted by atomic mass is 9.73. The van der Waals surface area contributed by atoms with E-state index in [0.717, 1.165) is 31.7 Å². The van der Waals surface area contributed by atoms with Crippen LogP contribution in [0.25, 0.3) is 0 Å². The molecule has 0 bridgehead atoms. The van der Waals surface area contributed by atoms with Gasteiger partial charge in [0.05, 0.1) is 19.3 Å². The Hall–Kier alpha value is -1.54. The van der Waals surface area contributed by atoms with Gasteiger partial charge in [-0.05, 0) is 30.5 Å². The number of piperidine rings is 1. The Morgan fingerprint density at radius 2 is 1.92 bits per heavy atom. The second-order valence-corrected chi connectivity index (χ2v) is 7.47. The monoisotopic (exact) mass is 365 g/mol. The van der Waals surface area contributed by atoms with Gasteiger partial charge in [0.15, 0.2) is 0 Å². The SMILES string of the molecule is O=C(CN1CC[C@H](O)[C@@](CO)(Cc2ccc(F)cc2)C1)N1CCNCC1. The van der Waals surface area contributed by atoms with Gasteiger partial charge in [-0.2, -0.15) is 0 Å². The maximum Gasteiger partial charge on any atom is 0.236 e. The number of amides is 1. The van der Waals surface area contributed by atoms with E-state index in [1.54, 1.807) is 12.1 Å². The molecular formula is C19H28FN3O3. The van der Waals surface area contributed by atoms with Crippen molar-refractivity contribution in [3.8, 4) is 0 Å². The van der Waals surface area contributed by atoms with E-state index in [9.17, 15) is 19.4 Å². The van der Waals surface area contributed by atoms with Crippen LogP contribution in [-0.2, 0) is 11.2 Å². The van der Waals surface area contributed by atoms with Gasteiger partial charge >= 0.3 is 0 Å². The number of rotatable bonds is 5. The first kappa shape index (κ1) is 19.2. The lowest BCUT2D eigenvalue weighted by Crippen LogP contribution is -2.57. The van der Waals surface area contributed by atoms with Crippen LogP contribution in [0.5, 0.6) is 0 Å². The molecule has 0 aromatic heterocycles. The third kappa shape index (κ3) is 4.40. The Kier molecular flexibility index (Phi) is 6.24. The Morgan fingerprint density at radius 3 is 2.58 bits per heavy atom. The predicted octanol–water partition coefficient (Wildman–Crippen LogP) is -0.155. The third-order valence-electron chi connectivity index (χ3n) is 5.58. The van der Waals surface area contributed by atoms with Crippen LogP contribution in [0.2, 0.25) is 0 Å². The van der Waals surface area contributed by atoms with Crippen molar-refractivity contribution in [2.75, 3.05) is 52.4 Å². The molecule has 2 fully saturated rings. The lowest BCUT2D eigenvalue weighted by molar-refractivity contribution is -0.136. The summed E-state index contributed by atoms with van der Waals surface area (Å²) in [7, 11) is 0. The molecule has 0 saturated carbocycles. The van der Waals surface area contributed by atoms with Gasteiger partial charge in [0.1, 0.15) is 5.82 Å². The van der Waals surface area contributed by atoms with Crippen LogP contribution in [0.3, 0.4) is 0 Å². The van der Waals surface area contributed by atoms with Crippen LogP contribution >= 0.6 is 0 Å². The van der Waals surface area contributed by atoms with Gasteiger partial charge in [-0.3, -0.25) is 9.69 Å². The molecule has 0 radical (unpaired) electrons. The molecule has 1 amide bonds. The summed E-state index contributed by atoms with van der Waals surface area (Å²) in [6.45, 7) is 4.27. The molecule has 1 aromatic carbocycles. The summed E-state index contributed by atoms with van der Waals surface area (Å²) < 4.78 is 13.1. The van der Waals surface area contributed by atoms with Gasteiger partial charge in [0.2, 0.25) is 5.91 Å². The summed E-state index contributed by atoms with van der Waals surface area (Å²) in [5, 5.41) is 23.9. The highest BCUT2D eigenvalue weighted by atomic mass is 19.1. The van der Waals surface area contributed by atoms with E-state index in [2.05, 4.69) is 5.32 Å². The summed E-state index contributed by atoms with van der Waals surface area (Å²) in [4.78, 5) is 16.4. The second-order valence-electron chi connectivity index (χ2n) is 7.47. The van der Waals surface area contributed by atoms with Crippen LogP contribution in [0.4, 0.5) is 4.39 Å². The van der Waals surface area contributed by atoms with Crippen molar-refractivity contribution in [1.29, 1.82) is 0 Å². The summed E-state index contributed by atoms with van der Waals surface area (Å²) in [5.74, 6) is -0.212. The van der Waals surface area contributed by atoms with Crippen LogP contribution < -0.4 is 5.32 Å². The van der Waals surface area contributed by atoms with E-state index >= 15 is 0 Å². The number of hydrogen-bond donors (Lipinski definition) is 3. The Bertz CT molecular complexity index is 607. The zero-order valence-corrected chi connectivity index (χ0v) is 15.0. The number of nitrogens with zero attached hydrogens (tertiary/aromatic N) is 2. The zero-order valence-electron chi connectivity index (χ0n) is 15.0. The smallest absolute Gasteiger partial charge is 0.236 e. The topological polar surface area (TPSA) is 76.0 Å². The van der Waals surface area contributed by atoms with Gasteiger partial charge in [-0.25, -0.2) is 4.39 Å². The number of aliphatic hydroxyl groups is 2. The molecule has 1 aromatic rings. The molecule has 0 aliphatic carbocycles. The minimum absolute atomic E-state index is 0.0940. The van der Waals surface area contributed by atoms with Crippen molar-refractivity contribution in [2.45, 2.75) is 18.9 Å². The molecule has 0 spiro atoms. The quantitative estimate of drug-likeness (QED) is 0.676. The van der Waals surface area contributed by atoms with Crippen molar-refractivity contribution in [3.05, 3.63) is 35.6 Å². The summed E-state index contributed by atoms with van der Waals surface area (Å²) in [5.41, 5.74) is 0.134. The highest BCUT2D eigenvalue weighted by molar-refractivity contribution is 5.78. The van der Waals surface area contributed by atoms with Crippen molar-refractivity contribution < 1.29 is 19.4 Å². The number of aliphatic hydroxyl groups excluding tert-OH is 2. The van der Waals surface area contributed by atoms with Gasteiger partial charge in [0, 0.05) is 44.7 Å². The maximum absolute atomic E-state index is 13.1. The summed E-state index contributed by atoms with van der Waals surface area (Å²) in [6, 6.07) is 6.15. The number of benzene rings is 1. The average molecular weight is 365 g/mol. The van der Waals surface area contributed by atoms with E-state index in [1.807, 2.05) is 9.80 Å². The minimum atomic E-state index is -0.736. The van der Waals surface area contributed by atoms with Crippen LogP contribution in [0.15, 0.2) is 24.3 Å². The fourth-order valence-electron chi connectivity index (χ4n) is 3.98. The molecule has 7 heteroatoms. The number of piperazine rings is 1. The highest BCUT2D eigenvalue weighted by Gasteiger charge is 2.43. The summed E-state index contributed by atoms with van der Waals surface area (Å²) >= 11 is 0. The Balaban J connectivity index is 1.66. The minimum Gasteiger partial charge on any atom is -0.396 e. The normalized spacial score (nSPS) is 27.5. The van der Waals surface area contributed by atoms with Gasteiger partial charge < -0.3 is 20.4 Å². The number of halogens is 1. The van der Waals surface area contributed by atoms with Gasteiger partial charge in [-0.15, -0.1) is 0 Å². The van der Waals surface area contributed by atoms with Crippen molar-refractivity contribution in [1.82, 2.24) is 15.1 Å². The standard InChI is InChI=1S/C19H28FN3O3/c20-16-3-1-15(2-4-16)11-19(14-24)13-22(8-5-17(19)25)12-18(26)23-9-6-21-7-10-23/h1-4,17,21,24-25H,5-14H2/t17-,19-/m0/s1. The first-order valence-corrected chi connectivity index (χ1v) is 9.27. The largest absolute Gasteiger partial charge is 0.396 e. The van der Waals surface area contributed by atoms with E-state index < -0.39 is 11.5 Å². The Labute approximate surface area is 153 Å². The molecule has 0 unspecified atom stereocenters. The molecule has 6 nitrogen and oxygen atoms in total. The van der Waals surface area contributed by atoms with Crippen LogP contribution in [0.1, 0.15) is 12.0 Å². The van der Waals surface area contributed by atoms with E-state index in [4.69, 9.17) is 0 Å². The zero-order chi connectivity index (χ0) is 18.6. The number of carbonyl (C=O) groups is 1. The number of nitrogens with one attached hydrogen (secondary N) is 1. The number of likely N-dealkylation sites (tertiary alicyclic amines) is 1. The van der Waals surface area contributed by atoms with E-state index in [0.29, 0.717) is 32.5 Å². The molecule has 2 heterocycles. The molecule has 2 saturated heterocycles. The Morgan fingerprint density at radius 1 is 1.23 bits per heavy atom. The van der Waals surface area contributed by atoms with Crippen molar-refractivity contribution >= 4 is 5.91 Å². The lowest BCUT2D eigenvalue weighted by Gasteiger charge is -2.45. The third-order valence-corrected chi connectivity index (χ3v) is 5.58. The van der Waals surface area contributed by atoms with Crippen molar-refractivity contribution in [2.24, 2.45) is 5.41 Å². The molecule has 2 atom stereocenters. The number of carbonyl (C=O) groups excluding carboxylic acids is 1. The first-order valence-electron chi connectivity index (χ1n) is 9.27. The molecule has 2 aliphatic heterocycles. The molecule has 26 heavy (non-hydrogen) atoms. The molecule has 3 rings (SSSR count). The molecule has 2 aliphatic rings. The first-order chi connectivity index (χ1) is 12.5. The fraction of sp³-hybridized carbons (Fsp3) is 0.632. The molecular weight excluding hydrogens is 337 g/mol. The van der Waals surface area contributed by atoms with Crippen LogP contribution in [0, 0.1) is 11.2 Å². The van der Waals surface area contributed by atoms with Gasteiger partial charge in [0.25, 0.3) is 0 Å². The average Bonchev–Trinajstić information content (AvgIpc) is 2.67. The fourth-order valence-corrected chi connectivity index (χ4v) is 3.98. The number of hydrogen-bond acceptors (Lipinski definition) is 5. The predicted molar refractivity (Wildman–Crippen MR) is 96.1 cm³/mol. The van der Waals surface area contributed by atoms with E-state index in [1.165, 1.54) is 12.1 Å². The maximum atomic E-state index is 13.1.